The fourth-order valence-corrected chi connectivity index (χ4v) is 3.02. The van der Waals surface area contributed by atoms with Crippen LogP contribution in [0.4, 0.5) is 8.78 Å². The number of nitrogens with one attached hydrogen (secondary N) is 1. The molecule has 0 saturated carbocycles. The Morgan fingerprint density at radius 1 is 1.50 bits per heavy atom. The average molecular weight is 273 g/mol. The molecule has 5 heteroatoms. The Labute approximate surface area is 110 Å². The summed E-state index contributed by atoms with van der Waals surface area (Å²) in [5, 5.41) is 3.19. The third-order valence-corrected chi connectivity index (χ3v) is 3.97. The molecule has 18 heavy (non-hydrogen) atoms. The first kappa shape index (κ1) is 13.8. The number of thioether (sulfide) groups is 1. The van der Waals surface area contributed by atoms with E-state index in [4.69, 9.17) is 4.74 Å². The molecule has 0 radical (unpaired) electrons. The molecule has 1 N–H and O–H groups in total. The molecule has 2 rings (SSSR count). The topological polar surface area (TPSA) is 21.3 Å². The van der Waals surface area contributed by atoms with Crippen LogP contribution in [-0.4, -0.2) is 30.8 Å². The lowest BCUT2D eigenvalue weighted by molar-refractivity contribution is 0.0461. The van der Waals surface area contributed by atoms with Gasteiger partial charge in [-0.15, -0.1) is 0 Å². The monoisotopic (exact) mass is 273 g/mol. The number of halogens is 2. The van der Waals surface area contributed by atoms with E-state index in [-0.39, 0.29) is 12.1 Å². The highest BCUT2D eigenvalue weighted by molar-refractivity contribution is 7.99. The molecule has 1 fully saturated rings. The van der Waals surface area contributed by atoms with Crippen molar-refractivity contribution in [3.05, 3.63) is 35.4 Å². The number of likely N-dealkylation sites (N-methyl/N-ethyl adjacent to an activating group) is 1. The van der Waals surface area contributed by atoms with E-state index in [0.29, 0.717) is 18.7 Å². The molecule has 1 aromatic rings. The van der Waals surface area contributed by atoms with Crippen LogP contribution in [0.15, 0.2) is 18.2 Å². The molecule has 100 valence electrons. The summed E-state index contributed by atoms with van der Waals surface area (Å²) in [6.07, 6.45) is -0.111. The highest BCUT2D eigenvalue weighted by atomic mass is 32.2. The van der Waals surface area contributed by atoms with Crippen LogP contribution in [0, 0.1) is 11.6 Å². The minimum atomic E-state index is -0.807. The summed E-state index contributed by atoms with van der Waals surface area (Å²) >= 11 is 1.78. The van der Waals surface area contributed by atoms with E-state index < -0.39 is 11.6 Å². The average Bonchev–Trinajstić information content (AvgIpc) is 2.41. The number of ether oxygens (including phenoxy) is 1. The second-order valence-corrected chi connectivity index (χ2v) is 5.31. The Kier molecular flexibility index (Phi) is 4.97. The second-order valence-electron chi connectivity index (χ2n) is 4.16. The van der Waals surface area contributed by atoms with Gasteiger partial charge in [-0.25, -0.2) is 8.78 Å². The highest BCUT2D eigenvalue weighted by Crippen LogP contribution is 2.28. The molecule has 0 spiro atoms. The van der Waals surface area contributed by atoms with Crippen LogP contribution in [0.1, 0.15) is 18.5 Å². The van der Waals surface area contributed by atoms with Crippen LogP contribution in [0.25, 0.3) is 0 Å². The largest absolute Gasteiger partial charge is 0.375 e. The zero-order valence-electron chi connectivity index (χ0n) is 10.3. The van der Waals surface area contributed by atoms with Gasteiger partial charge in [-0.05, 0) is 12.6 Å². The molecular weight excluding hydrogens is 256 g/mol. The standard InChI is InChI=1S/C13H17F2NOS/c1-2-16-13(11-8-18-7-6-17-11)9-4-3-5-10(14)12(9)15/h3-5,11,13,16H,2,6-8H2,1H3. The van der Waals surface area contributed by atoms with E-state index in [0.717, 1.165) is 17.6 Å². The quantitative estimate of drug-likeness (QED) is 0.911. The van der Waals surface area contributed by atoms with E-state index in [1.54, 1.807) is 17.8 Å². The molecule has 1 aromatic carbocycles. The summed E-state index contributed by atoms with van der Waals surface area (Å²) in [6, 6.07) is 4.00. The molecule has 2 atom stereocenters. The maximum Gasteiger partial charge on any atom is 0.163 e. The van der Waals surface area contributed by atoms with Crippen LogP contribution in [0.5, 0.6) is 0 Å². The first-order valence-corrected chi connectivity index (χ1v) is 7.26. The predicted octanol–water partition coefficient (Wildman–Crippen LogP) is 2.75. The summed E-state index contributed by atoms with van der Waals surface area (Å²) < 4.78 is 32.8. The van der Waals surface area contributed by atoms with E-state index in [9.17, 15) is 8.78 Å². The number of hydrogen-bond donors (Lipinski definition) is 1. The fourth-order valence-electron chi connectivity index (χ4n) is 2.12. The SMILES string of the molecule is CCNC(c1cccc(F)c1F)C1CSCCO1. The van der Waals surface area contributed by atoms with Crippen molar-refractivity contribution < 1.29 is 13.5 Å². The Balaban J connectivity index is 2.25. The van der Waals surface area contributed by atoms with E-state index in [1.165, 1.54) is 6.07 Å². The molecule has 2 unspecified atom stereocenters. The van der Waals surface area contributed by atoms with Gasteiger partial charge < -0.3 is 10.1 Å². The summed E-state index contributed by atoms with van der Waals surface area (Å²) in [7, 11) is 0. The molecular formula is C13H17F2NOS. The normalized spacial score (nSPS) is 21.8. The number of rotatable bonds is 4. The van der Waals surface area contributed by atoms with Gasteiger partial charge in [0.05, 0.1) is 18.8 Å². The second kappa shape index (κ2) is 6.50. The van der Waals surface area contributed by atoms with Crippen molar-refractivity contribution in [2.45, 2.75) is 19.1 Å². The van der Waals surface area contributed by atoms with Crippen molar-refractivity contribution >= 4 is 11.8 Å². The lowest BCUT2D eigenvalue weighted by Crippen LogP contribution is -2.38. The minimum absolute atomic E-state index is 0.111. The van der Waals surface area contributed by atoms with Crippen molar-refractivity contribution in [3.8, 4) is 0 Å². The molecule has 0 aliphatic carbocycles. The number of hydrogen-bond acceptors (Lipinski definition) is 3. The van der Waals surface area contributed by atoms with Crippen molar-refractivity contribution in [1.82, 2.24) is 5.32 Å². The molecule has 2 nitrogen and oxygen atoms in total. The van der Waals surface area contributed by atoms with Gasteiger partial charge in [-0.3, -0.25) is 0 Å². The first-order chi connectivity index (χ1) is 8.74. The molecule has 1 saturated heterocycles. The van der Waals surface area contributed by atoms with E-state index in [1.807, 2.05) is 6.92 Å². The zero-order valence-corrected chi connectivity index (χ0v) is 11.1. The third-order valence-electron chi connectivity index (χ3n) is 2.95. The zero-order chi connectivity index (χ0) is 13.0. The van der Waals surface area contributed by atoms with E-state index in [2.05, 4.69) is 5.32 Å². The summed E-state index contributed by atoms with van der Waals surface area (Å²) in [5.74, 6) is 0.177. The van der Waals surface area contributed by atoms with Gasteiger partial charge in [0.25, 0.3) is 0 Å². The maximum absolute atomic E-state index is 13.9. The number of benzene rings is 1. The Morgan fingerprint density at radius 2 is 2.33 bits per heavy atom. The van der Waals surface area contributed by atoms with Crippen molar-refractivity contribution in [3.63, 3.8) is 0 Å². The van der Waals surface area contributed by atoms with Crippen LogP contribution >= 0.6 is 11.8 Å². The molecule has 0 aromatic heterocycles. The molecule has 0 bridgehead atoms. The van der Waals surface area contributed by atoms with Gasteiger partial charge in [0, 0.05) is 17.1 Å². The van der Waals surface area contributed by atoms with E-state index >= 15 is 0 Å². The van der Waals surface area contributed by atoms with Crippen molar-refractivity contribution in [1.29, 1.82) is 0 Å². The van der Waals surface area contributed by atoms with Crippen LogP contribution in [0.3, 0.4) is 0 Å². The highest BCUT2D eigenvalue weighted by Gasteiger charge is 2.28. The van der Waals surface area contributed by atoms with Crippen LogP contribution < -0.4 is 5.32 Å². The van der Waals surface area contributed by atoms with Gasteiger partial charge in [0.1, 0.15) is 0 Å². The fraction of sp³-hybridized carbons (Fsp3) is 0.538. The smallest absolute Gasteiger partial charge is 0.163 e. The van der Waals surface area contributed by atoms with Gasteiger partial charge >= 0.3 is 0 Å². The van der Waals surface area contributed by atoms with Gasteiger partial charge in [0.15, 0.2) is 11.6 Å². The Morgan fingerprint density at radius 3 is 3.00 bits per heavy atom. The third kappa shape index (κ3) is 3.02. The summed E-state index contributed by atoms with van der Waals surface area (Å²) in [4.78, 5) is 0. The molecule has 1 aliphatic heterocycles. The lowest BCUT2D eigenvalue weighted by Gasteiger charge is -2.31. The summed E-state index contributed by atoms with van der Waals surface area (Å²) in [5.41, 5.74) is 0.351. The maximum atomic E-state index is 13.9. The first-order valence-electron chi connectivity index (χ1n) is 6.10. The Bertz CT molecular complexity index is 397. The lowest BCUT2D eigenvalue weighted by atomic mass is 10.0. The van der Waals surface area contributed by atoms with Crippen molar-refractivity contribution in [2.75, 3.05) is 24.7 Å². The molecule has 1 heterocycles. The molecule has 1 aliphatic rings. The van der Waals surface area contributed by atoms with Crippen molar-refractivity contribution in [2.24, 2.45) is 0 Å². The van der Waals surface area contributed by atoms with Crippen LogP contribution in [-0.2, 0) is 4.74 Å². The Hall–Kier alpha value is -0.650. The van der Waals surface area contributed by atoms with Gasteiger partial charge in [0.2, 0.25) is 0 Å². The summed E-state index contributed by atoms with van der Waals surface area (Å²) in [6.45, 7) is 3.29. The predicted molar refractivity (Wildman–Crippen MR) is 69.8 cm³/mol. The van der Waals surface area contributed by atoms with Gasteiger partial charge in [-0.1, -0.05) is 19.1 Å². The minimum Gasteiger partial charge on any atom is -0.375 e. The van der Waals surface area contributed by atoms with Gasteiger partial charge in [-0.2, -0.15) is 11.8 Å². The molecule has 0 amide bonds. The van der Waals surface area contributed by atoms with Crippen LogP contribution in [0.2, 0.25) is 0 Å².